The number of nitrogens with two attached hydrogens (primary N) is 1. The lowest BCUT2D eigenvalue weighted by Gasteiger charge is -2.38. The summed E-state index contributed by atoms with van der Waals surface area (Å²) in [7, 11) is 0. The summed E-state index contributed by atoms with van der Waals surface area (Å²) in [4.78, 5) is 0. The number of nitrogens with one attached hydrogen (secondary N) is 1. The average molecular weight is 258 g/mol. The average Bonchev–Trinajstić information content (AvgIpc) is 2.44. The number of aliphatic hydroxyl groups excluding tert-OH is 2. The van der Waals surface area contributed by atoms with Crippen LogP contribution in [0.1, 0.15) is 17.9 Å². The third-order valence-electron chi connectivity index (χ3n) is 3.50. The number of hydrogen-bond acceptors (Lipinski definition) is 3. The molecule has 3 atom stereocenters. The Bertz CT molecular complexity index is 571. The predicted molar refractivity (Wildman–Crippen MR) is 76.3 cm³/mol. The Balaban J connectivity index is 0.000000408. The maximum absolute atomic E-state index is 9.65. The molecule has 0 amide bonds. The van der Waals surface area contributed by atoms with Crippen molar-refractivity contribution in [2.75, 3.05) is 0 Å². The molecule has 19 heavy (non-hydrogen) atoms. The van der Waals surface area contributed by atoms with Gasteiger partial charge >= 0.3 is 0 Å². The van der Waals surface area contributed by atoms with Crippen molar-refractivity contribution in [2.24, 2.45) is 5.73 Å². The van der Waals surface area contributed by atoms with E-state index in [0.717, 1.165) is 11.9 Å². The van der Waals surface area contributed by atoms with Crippen LogP contribution in [0.25, 0.3) is 10.8 Å². The van der Waals surface area contributed by atoms with Crippen LogP contribution in [0.5, 0.6) is 0 Å². The number of fused-ring (bicyclic) bond motifs is 1. The van der Waals surface area contributed by atoms with E-state index in [1.807, 2.05) is 18.2 Å². The molecule has 1 fully saturated rings. The minimum atomic E-state index is -0.596. The Morgan fingerprint density at radius 1 is 1.11 bits per heavy atom. The molecule has 4 heteroatoms. The van der Waals surface area contributed by atoms with Crippen molar-refractivity contribution in [3.8, 4) is 0 Å². The molecule has 0 aliphatic heterocycles. The second-order valence-corrected chi connectivity index (χ2v) is 4.67. The van der Waals surface area contributed by atoms with E-state index in [2.05, 4.69) is 30.0 Å². The van der Waals surface area contributed by atoms with E-state index in [-0.39, 0.29) is 5.92 Å². The summed E-state index contributed by atoms with van der Waals surface area (Å²) < 4.78 is 0. The smallest absolute Gasteiger partial charge is 0.0868 e. The minimum Gasteiger partial charge on any atom is -0.390 e. The van der Waals surface area contributed by atoms with Crippen molar-refractivity contribution in [1.29, 1.82) is 5.41 Å². The van der Waals surface area contributed by atoms with E-state index in [1.165, 1.54) is 10.8 Å². The third kappa shape index (κ3) is 2.75. The van der Waals surface area contributed by atoms with Crippen molar-refractivity contribution < 1.29 is 10.2 Å². The lowest BCUT2D eigenvalue weighted by Crippen LogP contribution is -2.44. The molecule has 2 aromatic rings. The van der Waals surface area contributed by atoms with Gasteiger partial charge in [0.25, 0.3) is 0 Å². The van der Waals surface area contributed by atoms with Crippen molar-refractivity contribution in [3.63, 3.8) is 0 Å². The van der Waals surface area contributed by atoms with Crippen LogP contribution in [0.2, 0.25) is 0 Å². The van der Waals surface area contributed by atoms with Gasteiger partial charge in [0.15, 0.2) is 0 Å². The number of benzene rings is 2. The van der Waals surface area contributed by atoms with Crippen molar-refractivity contribution in [3.05, 3.63) is 48.0 Å². The van der Waals surface area contributed by atoms with Gasteiger partial charge in [-0.2, -0.15) is 0 Å². The van der Waals surface area contributed by atoms with Crippen molar-refractivity contribution >= 4 is 17.1 Å². The number of aliphatic hydroxyl groups is 2. The molecule has 0 spiro atoms. The van der Waals surface area contributed by atoms with E-state index in [0.29, 0.717) is 6.42 Å². The second-order valence-electron chi connectivity index (χ2n) is 4.67. The molecule has 1 aliphatic carbocycles. The molecule has 1 aliphatic rings. The zero-order valence-corrected chi connectivity index (χ0v) is 10.5. The Kier molecular flexibility index (Phi) is 4.14. The fourth-order valence-electron chi connectivity index (χ4n) is 2.38. The first-order chi connectivity index (χ1) is 9.17. The third-order valence-corrected chi connectivity index (χ3v) is 3.50. The summed E-state index contributed by atoms with van der Waals surface area (Å²) in [6, 6.07) is 14.4. The highest BCUT2D eigenvalue weighted by molar-refractivity contribution is 5.83. The molecule has 0 radical (unpaired) electrons. The van der Waals surface area contributed by atoms with E-state index >= 15 is 0 Å². The van der Waals surface area contributed by atoms with Gasteiger partial charge in [-0.3, -0.25) is 5.41 Å². The molecule has 2 aromatic carbocycles. The zero-order chi connectivity index (χ0) is 13.8. The quantitative estimate of drug-likeness (QED) is 0.462. The Labute approximate surface area is 112 Å². The van der Waals surface area contributed by atoms with Gasteiger partial charge in [0.1, 0.15) is 0 Å². The molecular weight excluding hydrogens is 240 g/mol. The van der Waals surface area contributed by atoms with Gasteiger partial charge in [0.2, 0.25) is 0 Å². The van der Waals surface area contributed by atoms with Gasteiger partial charge < -0.3 is 15.9 Å². The Morgan fingerprint density at radius 3 is 2.32 bits per heavy atom. The van der Waals surface area contributed by atoms with Crippen LogP contribution in [0.3, 0.4) is 0 Å². The summed E-state index contributed by atoms with van der Waals surface area (Å²) in [5.41, 5.74) is 5.51. The highest BCUT2D eigenvalue weighted by atomic mass is 16.3. The Hall–Kier alpha value is -1.91. The highest BCUT2D eigenvalue weighted by Crippen LogP contribution is 2.38. The molecule has 3 rings (SSSR count). The normalized spacial score (nSPS) is 25.1. The molecule has 0 saturated heterocycles. The summed E-state index contributed by atoms with van der Waals surface area (Å²) in [6.45, 7) is 0. The number of rotatable bonds is 1. The van der Waals surface area contributed by atoms with E-state index < -0.39 is 12.2 Å². The molecule has 1 saturated carbocycles. The molecule has 4 nitrogen and oxygen atoms in total. The summed E-state index contributed by atoms with van der Waals surface area (Å²) in [6.07, 6.45) is 0.275. The molecule has 5 N–H and O–H groups in total. The SMILES string of the molecule is N=CN.OC1CC(c2ccc3ccccc3c2)C1O. The van der Waals surface area contributed by atoms with Gasteiger partial charge in [-0.25, -0.2) is 0 Å². The fourth-order valence-corrected chi connectivity index (χ4v) is 2.38. The van der Waals surface area contributed by atoms with E-state index in [9.17, 15) is 10.2 Å². The molecule has 0 aromatic heterocycles. The van der Waals surface area contributed by atoms with Crippen molar-refractivity contribution in [1.82, 2.24) is 0 Å². The van der Waals surface area contributed by atoms with Gasteiger partial charge in [0, 0.05) is 5.92 Å². The molecule has 100 valence electrons. The monoisotopic (exact) mass is 258 g/mol. The minimum absolute atomic E-state index is 0.0969. The first-order valence-corrected chi connectivity index (χ1v) is 6.23. The lowest BCUT2D eigenvalue weighted by molar-refractivity contribution is -0.0718. The van der Waals surface area contributed by atoms with Crippen LogP contribution < -0.4 is 5.73 Å². The van der Waals surface area contributed by atoms with Gasteiger partial charge in [-0.15, -0.1) is 0 Å². The molecule has 0 heterocycles. The van der Waals surface area contributed by atoms with E-state index in [4.69, 9.17) is 5.41 Å². The topological polar surface area (TPSA) is 90.3 Å². The first-order valence-electron chi connectivity index (χ1n) is 6.23. The van der Waals surface area contributed by atoms with Crippen LogP contribution in [-0.4, -0.2) is 28.8 Å². The van der Waals surface area contributed by atoms with Crippen LogP contribution in [0, 0.1) is 5.41 Å². The Morgan fingerprint density at radius 2 is 1.74 bits per heavy atom. The summed E-state index contributed by atoms with van der Waals surface area (Å²) >= 11 is 0. The number of hydrogen-bond donors (Lipinski definition) is 4. The standard InChI is InChI=1S/C14H14O2.CH4N2/c15-13-8-12(14(13)16)11-6-5-9-3-1-2-4-10(9)7-11;2-1-3/h1-7,12-16H,8H2;1H,(H3,2,3). The maximum atomic E-state index is 9.65. The van der Waals surface area contributed by atoms with Gasteiger partial charge in [0.05, 0.1) is 18.5 Å². The lowest BCUT2D eigenvalue weighted by atomic mass is 9.74. The van der Waals surface area contributed by atoms with Gasteiger partial charge in [-0.05, 0) is 22.8 Å². The summed E-state index contributed by atoms with van der Waals surface area (Å²) in [5.74, 6) is 0.0969. The van der Waals surface area contributed by atoms with Crippen molar-refractivity contribution in [2.45, 2.75) is 24.5 Å². The van der Waals surface area contributed by atoms with E-state index in [1.54, 1.807) is 0 Å². The predicted octanol–water partition coefficient (Wildman–Crippen LogP) is 1.60. The molecule has 3 unspecified atom stereocenters. The zero-order valence-electron chi connectivity index (χ0n) is 10.5. The highest BCUT2D eigenvalue weighted by Gasteiger charge is 2.39. The van der Waals surface area contributed by atoms with Gasteiger partial charge in [-0.1, -0.05) is 42.5 Å². The maximum Gasteiger partial charge on any atom is 0.0868 e. The largest absolute Gasteiger partial charge is 0.390 e. The van der Waals surface area contributed by atoms with Crippen LogP contribution in [0.4, 0.5) is 0 Å². The second kappa shape index (κ2) is 5.82. The summed E-state index contributed by atoms with van der Waals surface area (Å²) in [5, 5.41) is 27.2. The van der Waals surface area contributed by atoms with Crippen LogP contribution in [0.15, 0.2) is 42.5 Å². The first kappa shape index (κ1) is 13.5. The molecular formula is C15H18N2O2. The molecule has 0 bridgehead atoms. The van der Waals surface area contributed by atoms with Crippen LogP contribution in [-0.2, 0) is 0 Å². The fraction of sp³-hybridized carbons (Fsp3) is 0.267. The van der Waals surface area contributed by atoms with Crippen LogP contribution >= 0.6 is 0 Å².